The summed E-state index contributed by atoms with van der Waals surface area (Å²) in [5.41, 5.74) is 7.69. The lowest BCUT2D eigenvalue weighted by Crippen LogP contribution is -2.22. The molecule has 2 rings (SSSR count). The highest BCUT2D eigenvalue weighted by Gasteiger charge is 2.18. The molecular weight excluding hydrogens is 296 g/mol. The minimum atomic E-state index is -0.357. The average Bonchev–Trinajstić information content (AvgIpc) is 2.79. The van der Waals surface area contributed by atoms with E-state index in [4.69, 9.17) is 5.73 Å². The molecule has 2 aromatic rings. The Morgan fingerprint density at radius 1 is 1.23 bits per heavy atom. The standard InChI is InChI=1S/C16H22N4OS/c1-10(13(17)21)22-15-19-18-14(20(15)5)11-6-8-12(9-7-11)16(2,3)4/h6-10H,1-5H3,(H2,17,21)/t10-/m0/s1. The Morgan fingerprint density at radius 2 is 1.82 bits per heavy atom. The van der Waals surface area contributed by atoms with Crippen LogP contribution in [0.2, 0.25) is 0 Å². The summed E-state index contributed by atoms with van der Waals surface area (Å²) in [7, 11) is 1.89. The first kappa shape index (κ1) is 16.5. The van der Waals surface area contributed by atoms with E-state index in [9.17, 15) is 4.79 Å². The Labute approximate surface area is 135 Å². The molecule has 0 aliphatic rings. The summed E-state index contributed by atoms with van der Waals surface area (Å²) in [5.74, 6) is 0.420. The summed E-state index contributed by atoms with van der Waals surface area (Å²) >= 11 is 1.32. The molecule has 22 heavy (non-hydrogen) atoms. The molecule has 0 saturated carbocycles. The third-order valence-electron chi connectivity index (χ3n) is 3.53. The zero-order chi connectivity index (χ0) is 16.5. The highest BCUT2D eigenvalue weighted by molar-refractivity contribution is 8.00. The van der Waals surface area contributed by atoms with Crippen molar-refractivity contribution < 1.29 is 4.79 Å². The average molecular weight is 318 g/mol. The molecule has 1 atom stereocenters. The van der Waals surface area contributed by atoms with Gasteiger partial charge in [0.1, 0.15) is 0 Å². The van der Waals surface area contributed by atoms with Gasteiger partial charge in [-0.1, -0.05) is 56.8 Å². The first-order chi connectivity index (χ1) is 10.2. The molecule has 0 aliphatic heterocycles. The molecule has 0 spiro atoms. The molecule has 0 radical (unpaired) electrons. The van der Waals surface area contributed by atoms with Gasteiger partial charge >= 0.3 is 0 Å². The van der Waals surface area contributed by atoms with E-state index in [0.717, 1.165) is 11.4 Å². The molecule has 1 amide bonds. The highest BCUT2D eigenvalue weighted by Crippen LogP contribution is 2.28. The van der Waals surface area contributed by atoms with Gasteiger partial charge in [-0.25, -0.2) is 0 Å². The van der Waals surface area contributed by atoms with Gasteiger partial charge in [0.25, 0.3) is 0 Å². The number of thioether (sulfide) groups is 1. The number of hydrogen-bond donors (Lipinski definition) is 1. The molecule has 5 nitrogen and oxygen atoms in total. The minimum absolute atomic E-state index is 0.121. The van der Waals surface area contributed by atoms with Crippen LogP contribution in [0.4, 0.5) is 0 Å². The van der Waals surface area contributed by atoms with Gasteiger partial charge in [-0.05, 0) is 17.9 Å². The topological polar surface area (TPSA) is 73.8 Å². The van der Waals surface area contributed by atoms with E-state index in [1.54, 1.807) is 6.92 Å². The maximum Gasteiger partial charge on any atom is 0.230 e. The minimum Gasteiger partial charge on any atom is -0.369 e. The Balaban J connectivity index is 2.27. The number of hydrogen-bond acceptors (Lipinski definition) is 4. The quantitative estimate of drug-likeness (QED) is 0.880. The van der Waals surface area contributed by atoms with Crippen molar-refractivity contribution in [3.63, 3.8) is 0 Å². The summed E-state index contributed by atoms with van der Waals surface area (Å²) in [6.45, 7) is 8.32. The number of nitrogens with zero attached hydrogens (tertiary/aromatic N) is 3. The van der Waals surface area contributed by atoms with Crippen LogP contribution in [0.5, 0.6) is 0 Å². The molecule has 0 aliphatic carbocycles. The van der Waals surface area contributed by atoms with Crippen LogP contribution < -0.4 is 5.73 Å². The molecule has 1 aromatic carbocycles. The Morgan fingerprint density at radius 3 is 2.32 bits per heavy atom. The second-order valence-electron chi connectivity index (χ2n) is 6.35. The van der Waals surface area contributed by atoms with Crippen LogP contribution in [0, 0.1) is 0 Å². The first-order valence-corrected chi connectivity index (χ1v) is 8.04. The third kappa shape index (κ3) is 3.50. The smallest absolute Gasteiger partial charge is 0.230 e. The summed E-state index contributed by atoms with van der Waals surface area (Å²) < 4.78 is 1.89. The summed E-state index contributed by atoms with van der Waals surface area (Å²) in [6, 6.07) is 8.33. The van der Waals surface area contributed by atoms with Gasteiger partial charge in [-0.15, -0.1) is 10.2 Å². The predicted molar refractivity (Wildman–Crippen MR) is 89.7 cm³/mol. The van der Waals surface area contributed by atoms with Crippen LogP contribution in [0.25, 0.3) is 11.4 Å². The van der Waals surface area contributed by atoms with E-state index in [1.165, 1.54) is 17.3 Å². The largest absolute Gasteiger partial charge is 0.369 e. The number of carbonyl (C=O) groups is 1. The van der Waals surface area contributed by atoms with E-state index in [1.807, 2.05) is 11.6 Å². The lowest BCUT2D eigenvalue weighted by molar-refractivity contribution is -0.117. The van der Waals surface area contributed by atoms with E-state index in [-0.39, 0.29) is 16.6 Å². The van der Waals surface area contributed by atoms with Gasteiger partial charge < -0.3 is 10.3 Å². The van der Waals surface area contributed by atoms with Crippen LogP contribution >= 0.6 is 11.8 Å². The number of carbonyl (C=O) groups excluding carboxylic acids is 1. The second-order valence-corrected chi connectivity index (χ2v) is 7.66. The van der Waals surface area contributed by atoms with Gasteiger partial charge in [0.05, 0.1) is 5.25 Å². The third-order valence-corrected chi connectivity index (χ3v) is 4.68. The fourth-order valence-electron chi connectivity index (χ4n) is 2.00. The monoisotopic (exact) mass is 318 g/mol. The van der Waals surface area contributed by atoms with Gasteiger partial charge in [0.2, 0.25) is 5.91 Å². The summed E-state index contributed by atoms with van der Waals surface area (Å²) in [4.78, 5) is 11.2. The van der Waals surface area contributed by atoms with Crippen molar-refractivity contribution in [1.82, 2.24) is 14.8 Å². The highest BCUT2D eigenvalue weighted by atomic mass is 32.2. The normalized spacial score (nSPS) is 13.1. The molecule has 0 saturated heterocycles. The van der Waals surface area contributed by atoms with Crippen molar-refractivity contribution in [2.24, 2.45) is 12.8 Å². The van der Waals surface area contributed by atoms with Crippen LogP contribution in [0.15, 0.2) is 29.4 Å². The van der Waals surface area contributed by atoms with Gasteiger partial charge in [-0.3, -0.25) is 4.79 Å². The van der Waals surface area contributed by atoms with Crippen LogP contribution in [0.3, 0.4) is 0 Å². The van der Waals surface area contributed by atoms with Crippen molar-refractivity contribution in [3.05, 3.63) is 29.8 Å². The predicted octanol–water partition coefficient (Wildman–Crippen LogP) is 2.75. The molecule has 118 valence electrons. The van der Waals surface area contributed by atoms with Crippen molar-refractivity contribution in [3.8, 4) is 11.4 Å². The van der Waals surface area contributed by atoms with E-state index in [2.05, 4.69) is 55.2 Å². The zero-order valence-electron chi connectivity index (χ0n) is 13.6. The number of primary amides is 1. The summed E-state index contributed by atoms with van der Waals surface area (Å²) in [5, 5.41) is 8.73. The fraction of sp³-hybridized carbons (Fsp3) is 0.438. The maximum atomic E-state index is 11.2. The number of aromatic nitrogens is 3. The van der Waals surface area contributed by atoms with Crippen LogP contribution in [0.1, 0.15) is 33.3 Å². The lowest BCUT2D eigenvalue weighted by Gasteiger charge is -2.19. The van der Waals surface area contributed by atoms with Crippen molar-refractivity contribution in [2.45, 2.75) is 43.5 Å². The summed E-state index contributed by atoms with van der Waals surface area (Å²) in [6.07, 6.45) is 0. The fourth-order valence-corrected chi connectivity index (χ4v) is 2.77. The number of rotatable bonds is 4. The number of amides is 1. The van der Waals surface area contributed by atoms with Crippen LogP contribution in [-0.4, -0.2) is 25.9 Å². The molecule has 0 bridgehead atoms. The Hall–Kier alpha value is -1.82. The van der Waals surface area contributed by atoms with E-state index in [0.29, 0.717) is 5.16 Å². The van der Waals surface area contributed by atoms with E-state index < -0.39 is 0 Å². The van der Waals surface area contributed by atoms with Gasteiger partial charge in [0, 0.05) is 12.6 Å². The van der Waals surface area contributed by atoms with Crippen molar-refractivity contribution in [2.75, 3.05) is 0 Å². The molecule has 6 heteroatoms. The Kier molecular flexibility index (Phi) is 4.60. The molecule has 0 unspecified atom stereocenters. The number of benzene rings is 1. The SMILES string of the molecule is C[C@H](Sc1nnc(-c2ccc(C(C)(C)C)cc2)n1C)C(N)=O. The lowest BCUT2D eigenvalue weighted by atomic mass is 9.87. The molecule has 1 heterocycles. The molecular formula is C16H22N4OS. The second kappa shape index (κ2) is 6.12. The Bertz CT molecular complexity index is 670. The zero-order valence-corrected chi connectivity index (χ0v) is 14.4. The van der Waals surface area contributed by atoms with E-state index >= 15 is 0 Å². The maximum absolute atomic E-state index is 11.2. The van der Waals surface area contributed by atoms with Crippen LogP contribution in [-0.2, 0) is 17.3 Å². The first-order valence-electron chi connectivity index (χ1n) is 7.16. The van der Waals surface area contributed by atoms with Crippen molar-refractivity contribution in [1.29, 1.82) is 0 Å². The molecule has 1 aromatic heterocycles. The molecule has 0 fully saturated rings. The van der Waals surface area contributed by atoms with Crippen molar-refractivity contribution >= 4 is 17.7 Å². The van der Waals surface area contributed by atoms with Gasteiger partial charge in [0.15, 0.2) is 11.0 Å². The molecule has 2 N–H and O–H groups in total. The van der Waals surface area contributed by atoms with Gasteiger partial charge in [-0.2, -0.15) is 0 Å². The number of nitrogens with two attached hydrogens (primary N) is 1.